The summed E-state index contributed by atoms with van der Waals surface area (Å²) >= 11 is 1.55. The molecular formula is C24H33N3O3S. The minimum atomic E-state index is -0.936. The quantitative estimate of drug-likeness (QED) is 0.688. The second kappa shape index (κ2) is 8.98. The van der Waals surface area contributed by atoms with Gasteiger partial charge in [-0.3, -0.25) is 9.69 Å². The van der Waals surface area contributed by atoms with Crippen molar-refractivity contribution in [1.29, 1.82) is 0 Å². The average molecular weight is 444 g/mol. The zero-order chi connectivity index (χ0) is 22.1. The Kier molecular flexibility index (Phi) is 6.49. The highest BCUT2D eigenvalue weighted by Crippen LogP contribution is 2.44. The number of hydrogen-bond acceptors (Lipinski definition) is 6. The SMILES string of the molecule is CC(C(Cc1cscn1)C(=O)NCC(C)(C)O)N1CCC2(CC1)OCc1ccccc12. The van der Waals surface area contributed by atoms with Gasteiger partial charge in [-0.2, -0.15) is 0 Å². The monoisotopic (exact) mass is 443 g/mol. The van der Waals surface area contributed by atoms with Crippen molar-refractivity contribution in [2.24, 2.45) is 5.92 Å². The fourth-order valence-electron chi connectivity index (χ4n) is 4.83. The number of thiazole rings is 1. The topological polar surface area (TPSA) is 74.7 Å². The van der Waals surface area contributed by atoms with Gasteiger partial charge in [0.05, 0.1) is 34.9 Å². The minimum Gasteiger partial charge on any atom is -0.389 e. The molecule has 0 aliphatic carbocycles. The lowest BCUT2D eigenvalue weighted by Gasteiger charge is -2.43. The molecule has 2 atom stereocenters. The number of carbonyl (C=O) groups excluding carboxylic acids is 1. The first-order valence-corrected chi connectivity index (χ1v) is 12.1. The molecule has 1 saturated heterocycles. The second-order valence-electron chi connectivity index (χ2n) is 9.54. The number of amides is 1. The number of ether oxygens (including phenoxy) is 1. The number of likely N-dealkylation sites (tertiary alicyclic amines) is 1. The van der Waals surface area contributed by atoms with Gasteiger partial charge in [-0.15, -0.1) is 11.3 Å². The molecular weight excluding hydrogens is 410 g/mol. The molecule has 1 spiro atoms. The summed E-state index contributed by atoms with van der Waals surface area (Å²) in [5, 5.41) is 15.0. The van der Waals surface area contributed by atoms with E-state index in [1.807, 2.05) is 10.9 Å². The van der Waals surface area contributed by atoms with Crippen molar-refractivity contribution in [3.05, 3.63) is 52.0 Å². The van der Waals surface area contributed by atoms with Crippen LogP contribution in [0.2, 0.25) is 0 Å². The molecule has 2 N–H and O–H groups in total. The van der Waals surface area contributed by atoms with Crippen LogP contribution in [0.5, 0.6) is 0 Å². The number of aromatic nitrogens is 1. The van der Waals surface area contributed by atoms with E-state index in [1.54, 1.807) is 25.2 Å². The number of fused-ring (bicyclic) bond motifs is 2. The molecule has 2 aromatic rings. The Balaban J connectivity index is 1.45. The molecule has 6 nitrogen and oxygen atoms in total. The fourth-order valence-corrected chi connectivity index (χ4v) is 5.40. The van der Waals surface area contributed by atoms with Crippen molar-refractivity contribution in [3.63, 3.8) is 0 Å². The highest BCUT2D eigenvalue weighted by molar-refractivity contribution is 7.07. The first-order chi connectivity index (χ1) is 14.8. The van der Waals surface area contributed by atoms with Gasteiger partial charge in [0.15, 0.2) is 0 Å². The van der Waals surface area contributed by atoms with E-state index in [0.717, 1.165) is 31.6 Å². The summed E-state index contributed by atoms with van der Waals surface area (Å²) < 4.78 is 6.31. The Labute approximate surface area is 188 Å². The molecule has 3 heterocycles. The molecule has 31 heavy (non-hydrogen) atoms. The van der Waals surface area contributed by atoms with Crippen LogP contribution in [0.15, 0.2) is 35.2 Å². The number of carbonyl (C=O) groups is 1. The van der Waals surface area contributed by atoms with Crippen LogP contribution in [0.3, 0.4) is 0 Å². The third-order valence-electron chi connectivity index (χ3n) is 6.72. The number of nitrogens with one attached hydrogen (secondary N) is 1. The number of hydrogen-bond donors (Lipinski definition) is 2. The maximum Gasteiger partial charge on any atom is 0.225 e. The predicted octanol–water partition coefficient (Wildman–Crippen LogP) is 3.10. The first-order valence-electron chi connectivity index (χ1n) is 11.1. The Morgan fingerprint density at radius 2 is 2.10 bits per heavy atom. The molecule has 2 unspecified atom stereocenters. The number of aliphatic hydroxyl groups is 1. The van der Waals surface area contributed by atoms with Gasteiger partial charge in [-0.05, 0) is 44.7 Å². The summed E-state index contributed by atoms with van der Waals surface area (Å²) in [6.07, 6.45) is 2.47. The normalized spacial score (nSPS) is 20.4. The third kappa shape index (κ3) is 5.00. The summed E-state index contributed by atoms with van der Waals surface area (Å²) in [6.45, 7) is 8.26. The molecule has 1 aromatic heterocycles. The standard InChI is InChI=1S/C24H33N3O3S/c1-17(20(12-19-14-31-16-26-19)22(28)25-15-23(2,3)29)27-10-8-24(9-11-27)21-7-5-4-6-18(21)13-30-24/h4-7,14,16-17,20,29H,8-13,15H2,1-3H3,(H,25,28). The van der Waals surface area contributed by atoms with Crippen molar-refractivity contribution >= 4 is 17.2 Å². The highest BCUT2D eigenvalue weighted by atomic mass is 32.1. The van der Waals surface area contributed by atoms with E-state index in [2.05, 4.69) is 46.4 Å². The summed E-state index contributed by atoms with van der Waals surface area (Å²) in [7, 11) is 0. The van der Waals surface area contributed by atoms with E-state index < -0.39 is 5.60 Å². The Morgan fingerprint density at radius 3 is 2.77 bits per heavy atom. The molecule has 0 radical (unpaired) electrons. The number of rotatable bonds is 7. The van der Waals surface area contributed by atoms with Gasteiger partial charge in [-0.25, -0.2) is 4.98 Å². The lowest BCUT2D eigenvalue weighted by molar-refractivity contribution is -0.129. The largest absolute Gasteiger partial charge is 0.389 e. The van der Waals surface area contributed by atoms with Crippen LogP contribution < -0.4 is 5.32 Å². The van der Waals surface area contributed by atoms with Crippen molar-refractivity contribution in [3.8, 4) is 0 Å². The Hall–Kier alpha value is -1.80. The fraction of sp³-hybridized carbons (Fsp3) is 0.583. The third-order valence-corrected chi connectivity index (χ3v) is 7.36. The summed E-state index contributed by atoms with van der Waals surface area (Å²) in [6, 6.07) is 8.61. The van der Waals surface area contributed by atoms with Gasteiger partial charge < -0.3 is 15.2 Å². The summed E-state index contributed by atoms with van der Waals surface area (Å²) in [4.78, 5) is 19.9. The zero-order valence-electron chi connectivity index (χ0n) is 18.6. The molecule has 168 valence electrons. The van der Waals surface area contributed by atoms with E-state index >= 15 is 0 Å². The van der Waals surface area contributed by atoms with Crippen LogP contribution in [0, 0.1) is 5.92 Å². The molecule has 1 amide bonds. The maximum atomic E-state index is 13.1. The van der Waals surface area contributed by atoms with Gasteiger partial charge in [0.1, 0.15) is 0 Å². The van der Waals surface area contributed by atoms with Gasteiger partial charge in [0.2, 0.25) is 5.91 Å². The molecule has 0 bridgehead atoms. The molecule has 4 rings (SSSR count). The average Bonchev–Trinajstić information content (AvgIpc) is 3.39. The van der Waals surface area contributed by atoms with E-state index in [9.17, 15) is 9.90 Å². The van der Waals surface area contributed by atoms with Crippen molar-refractivity contribution < 1.29 is 14.6 Å². The molecule has 0 saturated carbocycles. The molecule has 2 aliphatic heterocycles. The van der Waals surface area contributed by atoms with Crippen LogP contribution in [0.1, 0.15) is 50.4 Å². The van der Waals surface area contributed by atoms with Crippen LogP contribution in [-0.4, -0.2) is 52.2 Å². The number of benzene rings is 1. The molecule has 1 fully saturated rings. The van der Waals surface area contributed by atoms with Crippen LogP contribution in [0.25, 0.3) is 0 Å². The van der Waals surface area contributed by atoms with Crippen LogP contribution >= 0.6 is 11.3 Å². The lowest BCUT2D eigenvalue weighted by Crippen LogP contribution is -2.52. The van der Waals surface area contributed by atoms with Gasteiger partial charge in [-0.1, -0.05) is 24.3 Å². The smallest absolute Gasteiger partial charge is 0.225 e. The van der Waals surface area contributed by atoms with Crippen LogP contribution in [0.4, 0.5) is 0 Å². The summed E-state index contributed by atoms with van der Waals surface area (Å²) in [5.41, 5.74) is 4.28. The second-order valence-corrected chi connectivity index (χ2v) is 10.3. The van der Waals surface area contributed by atoms with Crippen molar-refractivity contribution in [2.75, 3.05) is 19.6 Å². The van der Waals surface area contributed by atoms with E-state index in [-0.39, 0.29) is 30.0 Å². The van der Waals surface area contributed by atoms with Crippen molar-refractivity contribution in [2.45, 2.75) is 63.9 Å². The minimum absolute atomic E-state index is 0.0228. The van der Waals surface area contributed by atoms with E-state index in [1.165, 1.54) is 11.1 Å². The predicted molar refractivity (Wildman–Crippen MR) is 122 cm³/mol. The zero-order valence-corrected chi connectivity index (χ0v) is 19.5. The van der Waals surface area contributed by atoms with Gasteiger partial charge in [0.25, 0.3) is 0 Å². The van der Waals surface area contributed by atoms with E-state index in [0.29, 0.717) is 13.0 Å². The van der Waals surface area contributed by atoms with Gasteiger partial charge in [0, 0.05) is 37.5 Å². The van der Waals surface area contributed by atoms with Gasteiger partial charge >= 0.3 is 0 Å². The summed E-state index contributed by atoms with van der Waals surface area (Å²) in [5.74, 6) is -0.249. The Bertz CT molecular complexity index is 886. The molecule has 2 aliphatic rings. The van der Waals surface area contributed by atoms with E-state index in [4.69, 9.17) is 4.74 Å². The first kappa shape index (κ1) is 22.4. The Morgan fingerprint density at radius 1 is 1.35 bits per heavy atom. The van der Waals surface area contributed by atoms with Crippen molar-refractivity contribution in [1.82, 2.24) is 15.2 Å². The number of nitrogens with zero attached hydrogens (tertiary/aromatic N) is 2. The number of piperidine rings is 1. The maximum absolute atomic E-state index is 13.1. The molecule has 1 aromatic carbocycles. The van der Waals surface area contributed by atoms with Crippen LogP contribution in [-0.2, 0) is 28.2 Å². The lowest BCUT2D eigenvalue weighted by atomic mass is 9.82. The highest BCUT2D eigenvalue weighted by Gasteiger charge is 2.44. The molecule has 7 heteroatoms.